The van der Waals surface area contributed by atoms with Crippen LogP contribution < -0.4 is 5.32 Å². The van der Waals surface area contributed by atoms with Gasteiger partial charge in [-0.05, 0) is 43.4 Å². The van der Waals surface area contributed by atoms with Crippen molar-refractivity contribution < 1.29 is 24.6 Å². The number of nitrogens with one attached hydrogen (secondary N) is 1. The van der Waals surface area contributed by atoms with Gasteiger partial charge in [-0.1, -0.05) is 179 Å². The van der Waals surface area contributed by atoms with Gasteiger partial charge in [-0.25, -0.2) is 4.79 Å². The average Bonchev–Trinajstić information content (AvgIpc) is 3.09. The van der Waals surface area contributed by atoms with E-state index in [4.69, 9.17) is 4.84 Å². The van der Waals surface area contributed by atoms with Crippen LogP contribution >= 0.6 is 0 Å². The van der Waals surface area contributed by atoms with Crippen LogP contribution in [-0.2, 0) is 20.8 Å². The number of carboxylic acid groups (broad SMARTS) is 1. The quantitative estimate of drug-likeness (QED) is 0.0374. The van der Waals surface area contributed by atoms with E-state index in [0.717, 1.165) is 31.2 Å². The largest absolute Gasteiger partial charge is 0.508 e. The lowest BCUT2D eigenvalue weighted by atomic mass is 10.0. The van der Waals surface area contributed by atoms with Crippen molar-refractivity contribution >= 4 is 17.6 Å². The number of phenols is 1. The Labute approximate surface area is 300 Å². The van der Waals surface area contributed by atoms with Gasteiger partial charge in [0.25, 0.3) is 0 Å². The molecule has 0 saturated heterocycles. The van der Waals surface area contributed by atoms with Crippen LogP contribution in [0.3, 0.4) is 0 Å². The van der Waals surface area contributed by atoms with Gasteiger partial charge in [0.05, 0.1) is 12.1 Å². The van der Waals surface area contributed by atoms with Gasteiger partial charge in [0.1, 0.15) is 18.4 Å². The molecule has 1 aromatic rings. The molecule has 3 N–H and O–H groups in total. The van der Waals surface area contributed by atoms with E-state index < -0.39 is 12.0 Å². The molecule has 0 aliphatic carbocycles. The number of carboxylic acids is 1. The van der Waals surface area contributed by atoms with E-state index in [9.17, 15) is 19.8 Å². The number of unbranched alkanes of at least 4 members (excludes halogenated alkanes) is 24. The first-order chi connectivity index (χ1) is 24.0. The number of carbonyl (C=O) groups excluding carboxylic acids is 1. The standard InChI is InChI=1S/C42H74N2O5/c1-3-5-7-9-11-13-15-17-19-21-23-25-27-29-38(36-41(46)43-40(42(47)48)35-37-30-32-39(45)33-31-37)44-49-34-28-26-24-22-20-18-16-14-12-10-8-6-4-2/h30-33,40,45H,3-29,34-36H2,1-2H3,(H,43,46)(H,47,48)/t40-/m0/s1. The second-order valence-electron chi connectivity index (χ2n) is 14.2. The van der Waals surface area contributed by atoms with Gasteiger partial charge in [0.2, 0.25) is 5.91 Å². The number of amides is 1. The molecule has 1 amide bonds. The summed E-state index contributed by atoms with van der Waals surface area (Å²) in [7, 11) is 0. The zero-order valence-corrected chi connectivity index (χ0v) is 31.7. The third-order valence-electron chi connectivity index (χ3n) is 9.48. The van der Waals surface area contributed by atoms with Crippen molar-refractivity contribution in [2.24, 2.45) is 5.16 Å². The highest BCUT2D eigenvalue weighted by Gasteiger charge is 2.21. The summed E-state index contributed by atoms with van der Waals surface area (Å²) in [4.78, 5) is 30.6. The monoisotopic (exact) mass is 687 g/mol. The minimum absolute atomic E-state index is 0.0379. The fraction of sp³-hybridized carbons (Fsp3) is 0.786. The molecule has 0 spiro atoms. The summed E-state index contributed by atoms with van der Waals surface area (Å²) in [6.07, 6.45) is 34.3. The topological polar surface area (TPSA) is 108 Å². The molecule has 7 heteroatoms. The molecule has 1 aromatic carbocycles. The van der Waals surface area contributed by atoms with Crippen LogP contribution in [0.25, 0.3) is 0 Å². The Hall–Kier alpha value is -2.57. The molecule has 7 nitrogen and oxygen atoms in total. The molecule has 0 aromatic heterocycles. The third-order valence-corrected chi connectivity index (χ3v) is 9.48. The third kappa shape index (κ3) is 27.9. The van der Waals surface area contributed by atoms with Crippen LogP contribution in [0.15, 0.2) is 29.4 Å². The maximum Gasteiger partial charge on any atom is 0.326 e. The zero-order valence-electron chi connectivity index (χ0n) is 31.7. The number of hydrogen-bond donors (Lipinski definition) is 3. The molecule has 0 aliphatic heterocycles. The first-order valence-corrected chi connectivity index (χ1v) is 20.4. The van der Waals surface area contributed by atoms with Crippen LogP contribution in [0.4, 0.5) is 0 Å². The predicted molar refractivity (Wildman–Crippen MR) is 205 cm³/mol. The molecule has 49 heavy (non-hydrogen) atoms. The zero-order chi connectivity index (χ0) is 35.6. The summed E-state index contributed by atoms with van der Waals surface area (Å²) >= 11 is 0. The van der Waals surface area contributed by atoms with Crippen molar-refractivity contribution in [2.45, 2.75) is 206 Å². The van der Waals surface area contributed by atoms with Crippen molar-refractivity contribution in [1.82, 2.24) is 5.32 Å². The van der Waals surface area contributed by atoms with E-state index in [-0.39, 0.29) is 24.5 Å². The van der Waals surface area contributed by atoms with Gasteiger partial charge in [0, 0.05) is 6.42 Å². The van der Waals surface area contributed by atoms with Gasteiger partial charge in [-0.15, -0.1) is 0 Å². The molecule has 0 saturated carbocycles. The Bertz CT molecular complexity index is 949. The summed E-state index contributed by atoms with van der Waals surface area (Å²) in [5.74, 6) is -1.33. The van der Waals surface area contributed by atoms with Crippen molar-refractivity contribution in [3.63, 3.8) is 0 Å². The SMILES string of the molecule is CCCCCCCCCCCCCCCON=C(CCCCCCCCCCCCCCC)CC(=O)N[C@@H](Cc1ccc(O)cc1)C(=O)O. The molecule has 1 rings (SSSR count). The fourth-order valence-electron chi connectivity index (χ4n) is 6.33. The molecule has 0 fully saturated rings. The minimum Gasteiger partial charge on any atom is -0.508 e. The molecular formula is C42H74N2O5. The van der Waals surface area contributed by atoms with Gasteiger partial charge in [-0.2, -0.15) is 0 Å². The Kier molecular flexibility index (Phi) is 29.6. The molecule has 0 aliphatic rings. The van der Waals surface area contributed by atoms with Gasteiger partial charge in [0.15, 0.2) is 0 Å². The van der Waals surface area contributed by atoms with Crippen molar-refractivity contribution in [3.8, 4) is 5.75 Å². The first-order valence-electron chi connectivity index (χ1n) is 20.4. The summed E-state index contributed by atoms with van der Waals surface area (Å²) in [6.45, 7) is 5.07. The van der Waals surface area contributed by atoms with Crippen LogP contribution in [0, 0.1) is 0 Å². The van der Waals surface area contributed by atoms with Gasteiger partial charge >= 0.3 is 5.97 Å². The molecule has 0 bridgehead atoms. The van der Waals surface area contributed by atoms with E-state index in [1.807, 2.05) is 0 Å². The van der Waals surface area contributed by atoms with Crippen LogP contribution in [0.5, 0.6) is 5.75 Å². The number of nitrogens with zero attached hydrogens (tertiary/aromatic N) is 1. The highest BCUT2D eigenvalue weighted by atomic mass is 16.6. The lowest BCUT2D eigenvalue weighted by Crippen LogP contribution is -2.43. The highest BCUT2D eigenvalue weighted by Crippen LogP contribution is 2.16. The smallest absolute Gasteiger partial charge is 0.326 e. The van der Waals surface area contributed by atoms with Gasteiger partial charge in [-0.3, -0.25) is 4.79 Å². The van der Waals surface area contributed by atoms with E-state index in [2.05, 4.69) is 24.3 Å². The van der Waals surface area contributed by atoms with Crippen LogP contribution in [-0.4, -0.2) is 40.4 Å². The summed E-state index contributed by atoms with van der Waals surface area (Å²) in [5, 5.41) is 26.3. The number of rotatable bonds is 35. The lowest BCUT2D eigenvalue weighted by Gasteiger charge is -2.15. The summed E-state index contributed by atoms with van der Waals surface area (Å²) < 4.78 is 0. The second kappa shape index (κ2) is 32.6. The average molecular weight is 687 g/mol. The Morgan fingerprint density at radius 2 is 1.04 bits per heavy atom. The van der Waals surface area contributed by atoms with Crippen molar-refractivity contribution in [3.05, 3.63) is 29.8 Å². The maximum atomic E-state index is 13.0. The Morgan fingerprint density at radius 3 is 1.47 bits per heavy atom. The fourth-order valence-corrected chi connectivity index (χ4v) is 6.33. The summed E-state index contributed by atoms with van der Waals surface area (Å²) in [6, 6.07) is 5.32. The molecule has 1 atom stereocenters. The minimum atomic E-state index is -1.09. The predicted octanol–water partition coefficient (Wildman–Crippen LogP) is 11.8. The molecule has 282 valence electrons. The normalized spacial score (nSPS) is 12.2. The Balaban J connectivity index is 2.39. The highest BCUT2D eigenvalue weighted by molar-refractivity contribution is 6.01. The second-order valence-corrected chi connectivity index (χ2v) is 14.2. The number of aromatic hydroxyl groups is 1. The van der Waals surface area contributed by atoms with Crippen LogP contribution in [0.1, 0.15) is 199 Å². The molecule has 0 radical (unpaired) electrons. The van der Waals surface area contributed by atoms with E-state index in [1.54, 1.807) is 12.1 Å². The van der Waals surface area contributed by atoms with E-state index in [0.29, 0.717) is 18.7 Å². The summed E-state index contributed by atoms with van der Waals surface area (Å²) in [5.41, 5.74) is 1.41. The lowest BCUT2D eigenvalue weighted by molar-refractivity contribution is -0.141. The number of oxime groups is 1. The number of benzene rings is 1. The number of carbonyl (C=O) groups is 2. The molecular weight excluding hydrogens is 612 g/mol. The van der Waals surface area contributed by atoms with Gasteiger partial charge < -0.3 is 20.4 Å². The number of hydrogen-bond acceptors (Lipinski definition) is 5. The van der Waals surface area contributed by atoms with Crippen molar-refractivity contribution in [2.75, 3.05) is 6.61 Å². The van der Waals surface area contributed by atoms with Crippen LogP contribution in [0.2, 0.25) is 0 Å². The number of aliphatic carboxylic acids is 1. The van der Waals surface area contributed by atoms with E-state index in [1.165, 1.54) is 153 Å². The maximum absolute atomic E-state index is 13.0. The molecule has 0 heterocycles. The molecule has 0 unspecified atom stereocenters. The number of phenolic OH excluding ortho intramolecular Hbond substituents is 1. The first kappa shape index (κ1) is 44.5. The van der Waals surface area contributed by atoms with E-state index >= 15 is 0 Å². The Morgan fingerprint density at radius 1 is 0.633 bits per heavy atom. The van der Waals surface area contributed by atoms with Crippen molar-refractivity contribution in [1.29, 1.82) is 0 Å².